The molecule has 0 radical (unpaired) electrons. The van der Waals surface area contributed by atoms with Gasteiger partial charge in [0.15, 0.2) is 5.82 Å². The summed E-state index contributed by atoms with van der Waals surface area (Å²) in [6.45, 7) is 1.27. The molecule has 1 aromatic heterocycles. The van der Waals surface area contributed by atoms with E-state index in [2.05, 4.69) is 14.9 Å². The van der Waals surface area contributed by atoms with Crippen molar-refractivity contribution < 1.29 is 0 Å². The van der Waals surface area contributed by atoms with Crippen LogP contribution in [0.1, 0.15) is 43.0 Å². The van der Waals surface area contributed by atoms with Gasteiger partial charge in [-0.25, -0.2) is 4.98 Å². The SMILES string of the molecule is NCC1=C(NC2CCCC2)c2nccn2CC1c1ccc(Cl)cc1Cl. The minimum absolute atomic E-state index is 0.125. The number of rotatable bonds is 4. The number of aromatic nitrogens is 2. The molecule has 0 bridgehead atoms. The minimum Gasteiger partial charge on any atom is -0.379 e. The summed E-state index contributed by atoms with van der Waals surface area (Å²) in [5.41, 5.74) is 9.52. The first-order valence-corrected chi connectivity index (χ1v) is 9.59. The molecule has 1 atom stereocenters. The van der Waals surface area contributed by atoms with E-state index in [4.69, 9.17) is 28.9 Å². The summed E-state index contributed by atoms with van der Waals surface area (Å²) in [4.78, 5) is 4.58. The maximum Gasteiger partial charge on any atom is 0.156 e. The molecule has 4 nitrogen and oxygen atoms in total. The topological polar surface area (TPSA) is 55.9 Å². The third-order valence-electron chi connectivity index (χ3n) is 5.32. The Morgan fingerprint density at radius 3 is 2.76 bits per heavy atom. The number of benzene rings is 1. The van der Waals surface area contributed by atoms with Gasteiger partial charge >= 0.3 is 0 Å². The fraction of sp³-hybridized carbons (Fsp3) is 0.421. The first-order chi connectivity index (χ1) is 12.2. The lowest BCUT2D eigenvalue weighted by Crippen LogP contribution is -2.33. The average molecular weight is 377 g/mol. The van der Waals surface area contributed by atoms with Gasteiger partial charge in [-0.2, -0.15) is 0 Å². The predicted molar refractivity (Wildman–Crippen MR) is 103 cm³/mol. The van der Waals surface area contributed by atoms with Crippen molar-refractivity contribution in [2.24, 2.45) is 5.73 Å². The van der Waals surface area contributed by atoms with Crippen LogP contribution in [0, 0.1) is 0 Å². The maximum absolute atomic E-state index is 6.51. The van der Waals surface area contributed by atoms with Crippen molar-refractivity contribution in [1.82, 2.24) is 14.9 Å². The van der Waals surface area contributed by atoms with Crippen molar-refractivity contribution in [3.8, 4) is 0 Å². The van der Waals surface area contributed by atoms with Gasteiger partial charge in [0.1, 0.15) is 0 Å². The quantitative estimate of drug-likeness (QED) is 0.840. The Bertz CT molecular complexity index is 806. The number of imidazole rings is 1. The van der Waals surface area contributed by atoms with Crippen molar-refractivity contribution in [3.05, 3.63) is 57.6 Å². The van der Waals surface area contributed by atoms with E-state index >= 15 is 0 Å². The molecule has 3 N–H and O–H groups in total. The van der Waals surface area contributed by atoms with E-state index in [0.717, 1.165) is 23.6 Å². The van der Waals surface area contributed by atoms with Crippen molar-refractivity contribution in [1.29, 1.82) is 0 Å². The highest BCUT2D eigenvalue weighted by atomic mass is 35.5. The monoisotopic (exact) mass is 376 g/mol. The molecule has 1 saturated carbocycles. The maximum atomic E-state index is 6.51. The molecule has 25 heavy (non-hydrogen) atoms. The molecule has 132 valence electrons. The van der Waals surface area contributed by atoms with Crippen LogP contribution >= 0.6 is 23.2 Å². The number of hydrogen-bond donors (Lipinski definition) is 2. The second-order valence-corrected chi connectivity index (χ2v) is 7.70. The van der Waals surface area contributed by atoms with E-state index < -0.39 is 0 Å². The van der Waals surface area contributed by atoms with Crippen molar-refractivity contribution >= 4 is 28.9 Å². The summed E-state index contributed by atoms with van der Waals surface area (Å²) in [5, 5.41) is 5.07. The Hall–Kier alpha value is -1.49. The van der Waals surface area contributed by atoms with E-state index in [0.29, 0.717) is 22.6 Å². The molecule has 1 aliphatic carbocycles. The van der Waals surface area contributed by atoms with Crippen LogP contribution in [0.2, 0.25) is 10.0 Å². The van der Waals surface area contributed by atoms with Gasteiger partial charge in [0.05, 0.1) is 5.70 Å². The third-order valence-corrected chi connectivity index (χ3v) is 5.88. The zero-order valence-corrected chi connectivity index (χ0v) is 15.5. The van der Waals surface area contributed by atoms with Gasteiger partial charge in [-0.1, -0.05) is 42.1 Å². The molecule has 0 spiro atoms. The predicted octanol–water partition coefficient (Wildman–Crippen LogP) is 4.19. The zero-order valence-electron chi connectivity index (χ0n) is 14.0. The van der Waals surface area contributed by atoms with E-state index in [-0.39, 0.29) is 5.92 Å². The molecule has 1 aromatic carbocycles. The molecule has 4 rings (SSSR count). The van der Waals surface area contributed by atoms with Crippen LogP contribution in [0.3, 0.4) is 0 Å². The second-order valence-electron chi connectivity index (χ2n) is 6.85. The van der Waals surface area contributed by atoms with E-state index in [9.17, 15) is 0 Å². The van der Waals surface area contributed by atoms with Gasteiger partial charge in [0.2, 0.25) is 0 Å². The molecule has 1 aliphatic heterocycles. The van der Waals surface area contributed by atoms with Gasteiger partial charge < -0.3 is 15.6 Å². The summed E-state index contributed by atoms with van der Waals surface area (Å²) in [7, 11) is 0. The average Bonchev–Trinajstić information content (AvgIpc) is 3.25. The van der Waals surface area contributed by atoms with Gasteiger partial charge in [0.25, 0.3) is 0 Å². The highest BCUT2D eigenvalue weighted by molar-refractivity contribution is 6.35. The van der Waals surface area contributed by atoms with Crippen molar-refractivity contribution in [2.75, 3.05) is 6.54 Å². The fourth-order valence-corrected chi connectivity index (χ4v) is 4.60. The Morgan fingerprint density at radius 2 is 2.04 bits per heavy atom. The standard InChI is InChI=1S/C19H22Cl2N4/c20-12-5-6-14(17(21)9-12)16-11-25-8-7-23-19(25)18(15(16)10-22)24-13-3-1-2-4-13/h5-9,13,16,24H,1-4,10-11,22H2. The van der Waals surface area contributed by atoms with Crippen LogP contribution < -0.4 is 11.1 Å². The lowest BCUT2D eigenvalue weighted by atomic mass is 9.86. The Labute approximate surface area is 158 Å². The number of nitrogens with one attached hydrogen (secondary N) is 1. The van der Waals surface area contributed by atoms with E-state index in [1.54, 1.807) is 6.07 Å². The second kappa shape index (κ2) is 7.02. The fourth-order valence-electron chi connectivity index (χ4n) is 4.06. The molecule has 6 heteroatoms. The minimum atomic E-state index is 0.125. The van der Waals surface area contributed by atoms with Crippen LogP contribution in [0.25, 0.3) is 5.70 Å². The number of nitrogens with two attached hydrogens (primary N) is 1. The summed E-state index contributed by atoms with van der Waals surface area (Å²) >= 11 is 12.6. The molecule has 2 heterocycles. The molecular weight excluding hydrogens is 355 g/mol. The third kappa shape index (κ3) is 3.19. The first kappa shape index (κ1) is 17.0. The highest BCUT2D eigenvalue weighted by Crippen LogP contribution is 2.39. The summed E-state index contributed by atoms with van der Waals surface area (Å²) < 4.78 is 2.19. The lowest BCUT2D eigenvalue weighted by Gasteiger charge is -2.32. The largest absolute Gasteiger partial charge is 0.379 e. The van der Waals surface area contributed by atoms with Gasteiger partial charge in [-0.3, -0.25) is 0 Å². The molecular formula is C19H22Cl2N4. The molecule has 2 aromatic rings. The lowest BCUT2D eigenvalue weighted by molar-refractivity contribution is 0.551. The van der Waals surface area contributed by atoms with Crippen molar-refractivity contribution in [2.45, 2.75) is 44.2 Å². The Morgan fingerprint density at radius 1 is 1.24 bits per heavy atom. The van der Waals surface area contributed by atoms with Gasteiger partial charge in [-0.05, 0) is 36.1 Å². The van der Waals surface area contributed by atoms with Gasteiger partial charge in [0, 0.05) is 47.5 Å². The van der Waals surface area contributed by atoms with E-state index in [1.165, 1.54) is 31.3 Å². The highest BCUT2D eigenvalue weighted by Gasteiger charge is 2.31. The molecule has 1 unspecified atom stereocenters. The number of fused-ring (bicyclic) bond motifs is 1. The summed E-state index contributed by atoms with van der Waals surface area (Å²) in [6, 6.07) is 6.21. The van der Waals surface area contributed by atoms with Crippen LogP contribution in [0.5, 0.6) is 0 Å². The zero-order chi connectivity index (χ0) is 17.4. The number of halogens is 2. The van der Waals surface area contributed by atoms with E-state index in [1.807, 2.05) is 24.5 Å². The smallest absolute Gasteiger partial charge is 0.156 e. The Balaban J connectivity index is 1.79. The molecule has 2 aliphatic rings. The van der Waals surface area contributed by atoms with Crippen LogP contribution in [-0.2, 0) is 6.54 Å². The van der Waals surface area contributed by atoms with Crippen LogP contribution in [0.4, 0.5) is 0 Å². The molecule has 0 amide bonds. The normalized spacial score (nSPS) is 20.8. The van der Waals surface area contributed by atoms with Crippen LogP contribution in [0.15, 0.2) is 36.2 Å². The molecule has 1 fully saturated rings. The van der Waals surface area contributed by atoms with Crippen LogP contribution in [-0.4, -0.2) is 22.1 Å². The summed E-state index contributed by atoms with van der Waals surface area (Å²) in [5.74, 6) is 1.11. The molecule has 0 saturated heterocycles. The Kier molecular flexibility index (Phi) is 4.76. The summed E-state index contributed by atoms with van der Waals surface area (Å²) in [6.07, 6.45) is 8.85. The first-order valence-electron chi connectivity index (χ1n) is 8.83. The number of nitrogens with zero attached hydrogens (tertiary/aromatic N) is 2. The number of hydrogen-bond acceptors (Lipinski definition) is 3. The van der Waals surface area contributed by atoms with Gasteiger partial charge in [-0.15, -0.1) is 0 Å². The van der Waals surface area contributed by atoms with Crippen molar-refractivity contribution in [3.63, 3.8) is 0 Å².